The summed E-state index contributed by atoms with van der Waals surface area (Å²) in [6, 6.07) is 4.24. The highest BCUT2D eigenvalue weighted by molar-refractivity contribution is 7.89. The van der Waals surface area contributed by atoms with Crippen LogP contribution in [0.25, 0.3) is 0 Å². The number of halogens is 1. The van der Waals surface area contributed by atoms with E-state index in [4.69, 9.17) is 11.6 Å². The highest BCUT2D eigenvalue weighted by atomic mass is 35.5. The first-order valence-corrected chi connectivity index (χ1v) is 12.3. The second-order valence-electron chi connectivity index (χ2n) is 8.67. The Morgan fingerprint density at radius 2 is 1.76 bits per heavy atom. The first-order chi connectivity index (χ1) is 13.7. The van der Waals surface area contributed by atoms with E-state index in [2.05, 4.69) is 24.1 Å². The standard InChI is InChI=1S/C21H32ClN3O3S/c1-15-11-16(2)14-24(13-15)17(3)21(26)23-20-12-18(7-8-19(20)22)29(27,28)25-9-5-4-6-10-25/h7-8,12,15-17H,4-6,9-11,13-14H2,1-3H3,(H,23,26)/t15-,16+,17-/m1/s1. The van der Waals surface area contributed by atoms with Gasteiger partial charge in [-0.3, -0.25) is 9.69 Å². The van der Waals surface area contributed by atoms with Gasteiger partial charge in [0.1, 0.15) is 0 Å². The average Bonchev–Trinajstić information content (AvgIpc) is 2.68. The third-order valence-electron chi connectivity index (χ3n) is 5.97. The lowest BCUT2D eigenvalue weighted by molar-refractivity contribution is -0.121. The van der Waals surface area contributed by atoms with E-state index in [9.17, 15) is 13.2 Å². The summed E-state index contributed by atoms with van der Waals surface area (Å²) in [6.07, 6.45) is 3.98. The van der Waals surface area contributed by atoms with Crippen molar-refractivity contribution >= 4 is 33.2 Å². The molecule has 6 nitrogen and oxygen atoms in total. The summed E-state index contributed by atoms with van der Waals surface area (Å²) in [5.41, 5.74) is 0.347. The van der Waals surface area contributed by atoms with E-state index in [-0.39, 0.29) is 16.8 Å². The quantitative estimate of drug-likeness (QED) is 0.754. The van der Waals surface area contributed by atoms with Gasteiger partial charge in [-0.15, -0.1) is 0 Å². The summed E-state index contributed by atoms with van der Waals surface area (Å²) >= 11 is 6.28. The van der Waals surface area contributed by atoms with Crippen molar-refractivity contribution in [2.24, 2.45) is 11.8 Å². The lowest BCUT2D eigenvalue weighted by Gasteiger charge is -2.38. The van der Waals surface area contributed by atoms with Gasteiger partial charge in [-0.05, 0) is 56.2 Å². The van der Waals surface area contributed by atoms with Crippen molar-refractivity contribution in [1.29, 1.82) is 0 Å². The fraction of sp³-hybridized carbons (Fsp3) is 0.667. The molecule has 1 aromatic carbocycles. The number of benzene rings is 1. The zero-order valence-corrected chi connectivity index (χ0v) is 19.1. The number of anilines is 1. The van der Waals surface area contributed by atoms with Crippen molar-refractivity contribution in [3.63, 3.8) is 0 Å². The van der Waals surface area contributed by atoms with Gasteiger partial charge in [-0.1, -0.05) is 31.9 Å². The van der Waals surface area contributed by atoms with Gasteiger partial charge in [0.05, 0.1) is 21.6 Å². The van der Waals surface area contributed by atoms with Crippen LogP contribution in [0.15, 0.2) is 23.1 Å². The summed E-state index contributed by atoms with van der Waals surface area (Å²) in [5.74, 6) is 0.937. The van der Waals surface area contributed by atoms with Crippen LogP contribution in [0, 0.1) is 11.8 Å². The second-order valence-corrected chi connectivity index (χ2v) is 11.0. The molecule has 2 fully saturated rings. The Kier molecular flexibility index (Phi) is 7.25. The largest absolute Gasteiger partial charge is 0.323 e. The van der Waals surface area contributed by atoms with Crippen LogP contribution in [0.3, 0.4) is 0 Å². The zero-order chi connectivity index (χ0) is 21.2. The molecule has 0 aromatic heterocycles. The van der Waals surface area contributed by atoms with E-state index in [1.807, 2.05) is 6.92 Å². The third-order valence-corrected chi connectivity index (χ3v) is 8.20. The van der Waals surface area contributed by atoms with Crippen LogP contribution in [0.4, 0.5) is 5.69 Å². The smallest absolute Gasteiger partial charge is 0.243 e. The van der Waals surface area contributed by atoms with Gasteiger partial charge in [-0.2, -0.15) is 4.31 Å². The van der Waals surface area contributed by atoms with Crippen molar-refractivity contribution < 1.29 is 13.2 Å². The molecule has 0 bridgehead atoms. The number of sulfonamides is 1. The SMILES string of the molecule is C[C@@H]1C[C@H](C)CN([C@H](C)C(=O)Nc2cc(S(=O)(=O)N3CCCCC3)ccc2Cl)C1. The zero-order valence-electron chi connectivity index (χ0n) is 17.5. The van der Waals surface area contributed by atoms with Crippen LogP contribution in [0.1, 0.15) is 46.5 Å². The molecule has 8 heteroatoms. The van der Waals surface area contributed by atoms with Crippen molar-refractivity contribution in [3.8, 4) is 0 Å². The van der Waals surface area contributed by atoms with Gasteiger partial charge in [0.2, 0.25) is 15.9 Å². The topological polar surface area (TPSA) is 69.7 Å². The van der Waals surface area contributed by atoms with Gasteiger partial charge >= 0.3 is 0 Å². The van der Waals surface area contributed by atoms with E-state index < -0.39 is 10.0 Å². The molecule has 0 spiro atoms. The highest BCUT2D eigenvalue weighted by Crippen LogP contribution is 2.29. The Bertz CT molecular complexity index is 830. The number of amides is 1. The van der Waals surface area contributed by atoms with Gasteiger partial charge in [-0.25, -0.2) is 8.42 Å². The number of nitrogens with one attached hydrogen (secondary N) is 1. The van der Waals surface area contributed by atoms with Gasteiger partial charge < -0.3 is 5.32 Å². The Balaban J connectivity index is 1.75. The average molecular weight is 442 g/mol. The molecular weight excluding hydrogens is 410 g/mol. The molecule has 0 aliphatic carbocycles. The minimum Gasteiger partial charge on any atom is -0.323 e. The third kappa shape index (κ3) is 5.32. The molecule has 2 aliphatic heterocycles. The van der Waals surface area contributed by atoms with Crippen molar-refractivity contribution in [3.05, 3.63) is 23.2 Å². The van der Waals surface area contributed by atoms with Crippen LogP contribution in [0.2, 0.25) is 5.02 Å². The van der Waals surface area contributed by atoms with Crippen molar-refractivity contribution in [1.82, 2.24) is 9.21 Å². The van der Waals surface area contributed by atoms with E-state index in [1.165, 1.54) is 22.9 Å². The molecule has 0 unspecified atom stereocenters. The molecule has 2 saturated heterocycles. The molecule has 2 aliphatic rings. The van der Waals surface area contributed by atoms with Crippen LogP contribution in [0.5, 0.6) is 0 Å². The van der Waals surface area contributed by atoms with Crippen LogP contribution >= 0.6 is 11.6 Å². The minimum atomic E-state index is -3.58. The van der Waals surface area contributed by atoms with Crippen LogP contribution in [-0.2, 0) is 14.8 Å². The minimum absolute atomic E-state index is 0.166. The fourth-order valence-corrected chi connectivity index (χ4v) is 6.15. The molecule has 1 aromatic rings. The molecule has 2 heterocycles. The van der Waals surface area contributed by atoms with Crippen molar-refractivity contribution in [2.75, 3.05) is 31.5 Å². The molecule has 3 rings (SSSR count). The van der Waals surface area contributed by atoms with Crippen molar-refractivity contribution in [2.45, 2.75) is 57.4 Å². The molecule has 1 N–H and O–H groups in total. The van der Waals surface area contributed by atoms with Gasteiger partial charge in [0, 0.05) is 26.2 Å². The number of hydrogen-bond donors (Lipinski definition) is 1. The number of carbonyl (C=O) groups is 1. The Morgan fingerprint density at radius 3 is 2.38 bits per heavy atom. The van der Waals surface area contributed by atoms with Gasteiger partial charge in [0.15, 0.2) is 0 Å². The molecule has 0 saturated carbocycles. The molecule has 3 atom stereocenters. The maximum absolute atomic E-state index is 13.0. The highest BCUT2D eigenvalue weighted by Gasteiger charge is 2.30. The number of carbonyl (C=O) groups excluding carboxylic acids is 1. The second kappa shape index (κ2) is 9.33. The molecule has 29 heavy (non-hydrogen) atoms. The lowest BCUT2D eigenvalue weighted by atomic mass is 9.91. The predicted octanol–water partition coefficient (Wildman–Crippen LogP) is 3.82. The maximum atomic E-state index is 13.0. The summed E-state index contributed by atoms with van der Waals surface area (Å²) in [7, 11) is -3.58. The molecule has 162 valence electrons. The first-order valence-electron chi connectivity index (χ1n) is 10.5. The van der Waals surface area contributed by atoms with E-state index in [0.29, 0.717) is 35.6 Å². The summed E-state index contributed by atoms with van der Waals surface area (Å²) in [6.45, 7) is 9.15. The van der Waals surface area contributed by atoms with Gasteiger partial charge in [0.25, 0.3) is 0 Å². The first kappa shape index (κ1) is 22.5. The monoisotopic (exact) mass is 441 g/mol. The number of piperidine rings is 2. The predicted molar refractivity (Wildman–Crippen MR) is 117 cm³/mol. The number of rotatable bonds is 5. The summed E-state index contributed by atoms with van der Waals surface area (Å²) in [4.78, 5) is 15.2. The van der Waals surface area contributed by atoms with Crippen LogP contribution < -0.4 is 5.32 Å². The van der Waals surface area contributed by atoms with E-state index >= 15 is 0 Å². The number of nitrogens with zero attached hydrogens (tertiary/aromatic N) is 2. The number of hydrogen-bond acceptors (Lipinski definition) is 4. The summed E-state index contributed by atoms with van der Waals surface area (Å²) < 4.78 is 27.4. The molecule has 0 radical (unpaired) electrons. The van der Waals surface area contributed by atoms with E-state index in [1.54, 1.807) is 6.07 Å². The maximum Gasteiger partial charge on any atom is 0.243 e. The lowest BCUT2D eigenvalue weighted by Crippen LogP contribution is -2.48. The summed E-state index contributed by atoms with van der Waals surface area (Å²) in [5, 5.41) is 3.19. The normalized spacial score (nSPS) is 25.5. The van der Waals surface area contributed by atoms with Crippen LogP contribution in [-0.4, -0.2) is 55.8 Å². The Hall–Kier alpha value is -1.15. The fourth-order valence-electron chi connectivity index (χ4n) is 4.45. The Labute approximate surface area is 179 Å². The number of likely N-dealkylation sites (tertiary alicyclic amines) is 1. The Morgan fingerprint density at radius 1 is 1.14 bits per heavy atom. The molecular formula is C21H32ClN3O3S. The van der Waals surface area contributed by atoms with E-state index in [0.717, 1.165) is 32.4 Å². The molecule has 1 amide bonds.